The maximum Gasteiger partial charge on any atom is 0.227 e. The maximum atomic E-state index is 12.4. The first-order valence-electron chi connectivity index (χ1n) is 7.23. The van der Waals surface area contributed by atoms with Crippen molar-refractivity contribution in [3.8, 4) is 0 Å². The van der Waals surface area contributed by atoms with Gasteiger partial charge >= 0.3 is 0 Å². The van der Waals surface area contributed by atoms with Gasteiger partial charge in [0.15, 0.2) is 0 Å². The van der Waals surface area contributed by atoms with Crippen molar-refractivity contribution < 1.29 is 4.79 Å². The molecule has 1 atom stereocenters. The largest absolute Gasteiger partial charge is 0.353 e. The van der Waals surface area contributed by atoms with Crippen LogP contribution < -0.4 is 11.1 Å². The molecule has 0 saturated carbocycles. The van der Waals surface area contributed by atoms with E-state index >= 15 is 0 Å². The molecule has 0 aromatic heterocycles. The van der Waals surface area contributed by atoms with Gasteiger partial charge in [-0.05, 0) is 43.9 Å². The van der Waals surface area contributed by atoms with Crippen LogP contribution in [0.3, 0.4) is 0 Å². The summed E-state index contributed by atoms with van der Waals surface area (Å²) < 4.78 is 1.06. The molecule has 120 valence electrons. The summed E-state index contributed by atoms with van der Waals surface area (Å²) in [5.74, 6) is 0.0764. The number of carbonyl (C=O) groups excluding carboxylic acids is 1. The zero-order valence-electron chi connectivity index (χ0n) is 13.0. The molecule has 1 aromatic carbocycles. The van der Waals surface area contributed by atoms with Crippen molar-refractivity contribution in [3.05, 3.63) is 34.3 Å². The molecule has 5 heteroatoms. The first-order chi connectivity index (χ1) is 9.47. The molecular weight excluding hydrogens is 352 g/mol. The van der Waals surface area contributed by atoms with E-state index in [-0.39, 0.29) is 24.4 Å². The minimum atomic E-state index is -0.425. The molecule has 0 aliphatic carbocycles. The highest BCUT2D eigenvalue weighted by molar-refractivity contribution is 9.10. The van der Waals surface area contributed by atoms with Gasteiger partial charge in [0, 0.05) is 17.1 Å². The summed E-state index contributed by atoms with van der Waals surface area (Å²) in [4.78, 5) is 12.4. The van der Waals surface area contributed by atoms with Crippen LogP contribution in [0.1, 0.15) is 39.2 Å². The normalized spacial score (nSPS) is 12.4. The molecule has 0 saturated heterocycles. The molecule has 0 aliphatic rings. The van der Waals surface area contributed by atoms with Gasteiger partial charge in [0.25, 0.3) is 0 Å². The Balaban J connectivity index is 0.00000400. The third kappa shape index (κ3) is 5.61. The van der Waals surface area contributed by atoms with Gasteiger partial charge in [-0.3, -0.25) is 4.79 Å². The van der Waals surface area contributed by atoms with Crippen molar-refractivity contribution in [1.29, 1.82) is 0 Å². The number of nitrogens with two attached hydrogens (primary N) is 1. The van der Waals surface area contributed by atoms with Gasteiger partial charge in [-0.1, -0.05) is 41.9 Å². The van der Waals surface area contributed by atoms with Crippen LogP contribution >= 0.6 is 28.3 Å². The summed E-state index contributed by atoms with van der Waals surface area (Å²) in [6.45, 7) is 6.48. The Morgan fingerprint density at radius 3 is 2.48 bits per heavy atom. The van der Waals surface area contributed by atoms with Crippen molar-refractivity contribution in [1.82, 2.24) is 5.32 Å². The van der Waals surface area contributed by atoms with E-state index in [4.69, 9.17) is 5.73 Å². The van der Waals surface area contributed by atoms with Crippen molar-refractivity contribution >= 4 is 34.2 Å². The standard InChI is InChI=1S/C16H25BrN2O.ClH/c1-4-16(5-2,11-18)15(20)19-12(3)9-13-7-6-8-14(17)10-13;/h6-8,10,12H,4-5,9,11,18H2,1-3H3,(H,19,20);1H. The number of nitrogens with one attached hydrogen (secondary N) is 1. The lowest BCUT2D eigenvalue weighted by Gasteiger charge is -2.30. The van der Waals surface area contributed by atoms with E-state index in [1.807, 2.05) is 32.9 Å². The Morgan fingerprint density at radius 2 is 2.00 bits per heavy atom. The summed E-state index contributed by atoms with van der Waals surface area (Å²) in [7, 11) is 0. The predicted octanol–water partition coefficient (Wildman–Crippen LogP) is 3.68. The summed E-state index contributed by atoms with van der Waals surface area (Å²) in [6, 6.07) is 8.26. The van der Waals surface area contributed by atoms with Crippen LogP contribution in [0.4, 0.5) is 0 Å². The molecule has 1 rings (SSSR count). The van der Waals surface area contributed by atoms with Crippen molar-refractivity contribution in [2.75, 3.05) is 6.54 Å². The van der Waals surface area contributed by atoms with E-state index in [9.17, 15) is 4.79 Å². The average molecular weight is 378 g/mol. The van der Waals surface area contributed by atoms with Gasteiger partial charge in [0.05, 0.1) is 5.41 Å². The van der Waals surface area contributed by atoms with E-state index in [1.54, 1.807) is 0 Å². The SMILES string of the molecule is CCC(CC)(CN)C(=O)NC(C)Cc1cccc(Br)c1.Cl. The summed E-state index contributed by atoms with van der Waals surface area (Å²) in [6.07, 6.45) is 2.37. The monoisotopic (exact) mass is 376 g/mol. The molecule has 0 bridgehead atoms. The number of carbonyl (C=O) groups is 1. The van der Waals surface area contributed by atoms with Crippen LogP contribution in [0.15, 0.2) is 28.7 Å². The summed E-state index contributed by atoms with van der Waals surface area (Å²) >= 11 is 3.46. The second-order valence-electron chi connectivity index (χ2n) is 5.40. The minimum absolute atomic E-state index is 0. The van der Waals surface area contributed by atoms with Crippen LogP contribution in [0.25, 0.3) is 0 Å². The van der Waals surface area contributed by atoms with Crippen LogP contribution in [0.2, 0.25) is 0 Å². The zero-order chi connectivity index (χ0) is 15.2. The number of hydrogen-bond acceptors (Lipinski definition) is 2. The molecule has 0 spiro atoms. The van der Waals surface area contributed by atoms with Gasteiger partial charge in [0.2, 0.25) is 5.91 Å². The lowest BCUT2D eigenvalue weighted by atomic mass is 9.81. The molecule has 0 fully saturated rings. The molecule has 1 aromatic rings. The van der Waals surface area contributed by atoms with E-state index in [0.29, 0.717) is 6.54 Å². The van der Waals surface area contributed by atoms with Crippen LogP contribution in [-0.2, 0) is 11.2 Å². The maximum absolute atomic E-state index is 12.4. The number of rotatable bonds is 7. The number of benzene rings is 1. The van der Waals surface area contributed by atoms with E-state index in [0.717, 1.165) is 23.7 Å². The Hall–Kier alpha value is -0.580. The molecule has 3 nitrogen and oxygen atoms in total. The van der Waals surface area contributed by atoms with Gasteiger partial charge < -0.3 is 11.1 Å². The number of hydrogen-bond donors (Lipinski definition) is 2. The van der Waals surface area contributed by atoms with Gasteiger partial charge in [0.1, 0.15) is 0 Å². The van der Waals surface area contributed by atoms with Gasteiger partial charge in [-0.2, -0.15) is 0 Å². The van der Waals surface area contributed by atoms with Gasteiger partial charge in [-0.15, -0.1) is 12.4 Å². The first-order valence-corrected chi connectivity index (χ1v) is 8.02. The van der Waals surface area contributed by atoms with Crippen LogP contribution in [0.5, 0.6) is 0 Å². The lowest BCUT2D eigenvalue weighted by Crippen LogP contribution is -2.48. The second kappa shape index (κ2) is 9.44. The Labute approximate surface area is 142 Å². The molecule has 0 aliphatic heterocycles. The fraction of sp³-hybridized carbons (Fsp3) is 0.562. The van der Waals surface area contributed by atoms with Crippen LogP contribution in [0, 0.1) is 5.41 Å². The van der Waals surface area contributed by atoms with E-state index < -0.39 is 5.41 Å². The molecule has 1 amide bonds. The third-order valence-corrected chi connectivity index (χ3v) is 4.53. The fourth-order valence-electron chi connectivity index (χ4n) is 2.40. The van der Waals surface area contributed by atoms with E-state index in [2.05, 4.69) is 33.4 Å². The minimum Gasteiger partial charge on any atom is -0.353 e. The molecule has 1 unspecified atom stereocenters. The zero-order valence-corrected chi connectivity index (χ0v) is 15.4. The highest BCUT2D eigenvalue weighted by Crippen LogP contribution is 2.25. The average Bonchev–Trinajstić information content (AvgIpc) is 2.41. The number of amides is 1. The summed E-state index contributed by atoms with van der Waals surface area (Å²) in [5.41, 5.74) is 6.59. The molecule has 0 heterocycles. The molecule has 0 radical (unpaired) electrons. The van der Waals surface area contributed by atoms with Crippen LogP contribution in [-0.4, -0.2) is 18.5 Å². The predicted molar refractivity (Wildman–Crippen MR) is 94.8 cm³/mol. The Morgan fingerprint density at radius 1 is 1.38 bits per heavy atom. The summed E-state index contributed by atoms with van der Waals surface area (Å²) in [5, 5.41) is 3.11. The van der Waals surface area contributed by atoms with E-state index in [1.165, 1.54) is 5.56 Å². The molecular formula is C16H26BrClN2O. The quantitative estimate of drug-likeness (QED) is 0.761. The van der Waals surface area contributed by atoms with Crippen molar-refractivity contribution in [3.63, 3.8) is 0 Å². The third-order valence-electron chi connectivity index (χ3n) is 4.03. The topological polar surface area (TPSA) is 55.1 Å². The molecule has 21 heavy (non-hydrogen) atoms. The Bertz CT molecular complexity index is 441. The fourth-order valence-corrected chi connectivity index (χ4v) is 2.84. The molecule has 3 N–H and O–H groups in total. The first kappa shape index (κ1) is 20.4. The highest BCUT2D eigenvalue weighted by Gasteiger charge is 2.33. The Kier molecular flexibility index (Phi) is 9.18. The number of halogens is 2. The van der Waals surface area contributed by atoms with Gasteiger partial charge in [-0.25, -0.2) is 0 Å². The highest BCUT2D eigenvalue weighted by atomic mass is 79.9. The van der Waals surface area contributed by atoms with Crippen molar-refractivity contribution in [2.24, 2.45) is 11.1 Å². The van der Waals surface area contributed by atoms with Crippen molar-refractivity contribution in [2.45, 2.75) is 46.1 Å². The smallest absolute Gasteiger partial charge is 0.227 e. The lowest BCUT2D eigenvalue weighted by molar-refractivity contribution is -0.131. The second-order valence-corrected chi connectivity index (χ2v) is 6.32.